The molecule has 21 heteroatoms. The van der Waals surface area contributed by atoms with Crippen LogP contribution in [0.3, 0.4) is 0 Å². The second-order valence-corrected chi connectivity index (χ2v) is 5.43. The summed E-state index contributed by atoms with van der Waals surface area (Å²) in [6, 6.07) is 1.29. The molecular formula is C12H6N6O15+2. The number of hydrogen-bond acceptors (Lipinski definition) is 15. The largest absolute Gasteiger partial charge is 0.497 e. The van der Waals surface area contributed by atoms with Crippen LogP contribution in [0.15, 0.2) is 24.3 Å². The first-order chi connectivity index (χ1) is 15.3. The summed E-state index contributed by atoms with van der Waals surface area (Å²) in [6.45, 7) is 0. The van der Waals surface area contributed by atoms with E-state index >= 15 is 0 Å². The summed E-state index contributed by atoms with van der Waals surface area (Å²) in [4.78, 5) is 68.0. The Morgan fingerprint density at radius 2 is 0.848 bits per heavy atom. The Hall–Kier alpha value is -5.60. The van der Waals surface area contributed by atoms with Crippen LogP contribution in [0.25, 0.3) is 0 Å². The summed E-state index contributed by atoms with van der Waals surface area (Å²) in [5.74, 6) is -2.81. The monoisotopic (exact) mass is 474 g/mol. The zero-order valence-electron chi connectivity index (χ0n) is 15.2. The zero-order valence-corrected chi connectivity index (χ0v) is 15.2. The molecule has 0 saturated carbocycles. The summed E-state index contributed by atoms with van der Waals surface area (Å²) < 4.78 is 0. The van der Waals surface area contributed by atoms with E-state index in [9.17, 15) is 60.5 Å². The molecule has 0 aliphatic rings. The topological polar surface area (TPSA) is 281 Å². The molecule has 2 aromatic carbocycles. The number of phenols is 2. The Kier molecular flexibility index (Phi) is 6.49. The molecule has 2 N–H and O–H groups in total. The molecule has 2 aromatic rings. The number of nitro groups is 4. The lowest BCUT2D eigenvalue weighted by atomic mass is 10.2. The third kappa shape index (κ3) is 4.94. The second-order valence-electron chi connectivity index (χ2n) is 5.43. The number of aromatic hydroxyl groups is 2. The smallest absolute Gasteiger partial charge is 0.375 e. The van der Waals surface area contributed by atoms with Crippen molar-refractivity contribution in [2.75, 3.05) is 0 Å². The van der Waals surface area contributed by atoms with Crippen molar-refractivity contribution in [1.82, 2.24) is 0 Å². The first-order valence-corrected chi connectivity index (χ1v) is 7.62. The third-order valence-electron chi connectivity index (χ3n) is 3.51. The van der Waals surface area contributed by atoms with Crippen molar-refractivity contribution in [2.45, 2.75) is 0 Å². The van der Waals surface area contributed by atoms with Gasteiger partial charge in [0.15, 0.2) is 5.04 Å². The number of non-ortho nitro benzene ring substituents is 2. The van der Waals surface area contributed by atoms with Crippen molar-refractivity contribution in [1.29, 1.82) is 0 Å². The molecule has 2 rings (SSSR count). The van der Waals surface area contributed by atoms with Crippen molar-refractivity contribution in [3.05, 3.63) is 74.5 Å². The van der Waals surface area contributed by atoms with Crippen LogP contribution in [0.2, 0.25) is 0 Å². The molecule has 0 aliphatic carbocycles. The fraction of sp³-hybridized carbons (Fsp3) is 0. The number of phenolic OH excluding ortho intramolecular Hbond substituents is 2. The predicted octanol–water partition coefficient (Wildman–Crippen LogP) is 1.96. The molecule has 0 unspecified atom stereocenters. The molecule has 0 amide bonds. The van der Waals surface area contributed by atoms with Crippen molar-refractivity contribution >= 4 is 34.1 Å². The molecule has 0 aliphatic heterocycles. The average molecular weight is 474 g/mol. The maximum Gasteiger partial charge on any atom is 0.375 e. The fourth-order valence-corrected chi connectivity index (χ4v) is 2.10. The molecule has 0 atom stereocenters. The highest BCUT2D eigenvalue weighted by Crippen LogP contribution is 2.40. The Balaban J connectivity index is 2.25. The van der Waals surface area contributed by atoms with Gasteiger partial charge in [0.1, 0.15) is 12.1 Å². The van der Waals surface area contributed by atoms with Crippen molar-refractivity contribution in [3.63, 3.8) is 0 Å². The molecule has 0 bridgehead atoms. The summed E-state index contributed by atoms with van der Waals surface area (Å²) >= 11 is 0. The first-order valence-electron chi connectivity index (χ1n) is 7.62. The predicted molar refractivity (Wildman–Crippen MR) is 92.7 cm³/mol. The molecule has 0 heterocycles. The molecule has 0 aromatic heterocycles. The van der Waals surface area contributed by atoms with E-state index in [2.05, 4.69) is 15.0 Å². The van der Waals surface area contributed by atoms with Crippen molar-refractivity contribution in [2.24, 2.45) is 0 Å². The molecule has 21 nitrogen and oxygen atoms in total. The molecule has 0 spiro atoms. The second kappa shape index (κ2) is 9.04. The zero-order chi connectivity index (χ0) is 25.0. The van der Waals surface area contributed by atoms with Gasteiger partial charge in [0.05, 0.1) is 41.6 Å². The number of nitro benzene ring substituents is 4. The van der Waals surface area contributed by atoms with Gasteiger partial charge in [-0.3, -0.25) is 40.5 Å². The van der Waals surface area contributed by atoms with Gasteiger partial charge in [0, 0.05) is 9.98 Å². The molecule has 0 saturated heterocycles. The van der Waals surface area contributed by atoms with Gasteiger partial charge < -0.3 is 10.2 Å². The van der Waals surface area contributed by atoms with Crippen LogP contribution < -0.4 is 0 Å². The molecule has 33 heavy (non-hydrogen) atoms. The van der Waals surface area contributed by atoms with Gasteiger partial charge in [0.2, 0.25) is 0 Å². The number of nitrogens with zero attached hydrogens (tertiary/aromatic N) is 6. The Bertz CT molecular complexity index is 1130. The van der Waals surface area contributed by atoms with Crippen molar-refractivity contribution in [3.8, 4) is 11.5 Å². The molecule has 0 radical (unpaired) electrons. The van der Waals surface area contributed by atoms with Gasteiger partial charge >= 0.3 is 32.6 Å². The summed E-state index contributed by atoms with van der Waals surface area (Å²) in [6.07, 6.45) is 0. The SMILES string of the molecule is O=[N+]([O-])c1cc([N+](=O)[O-])c(O)c([N+](=O)OOO[N+](=O)c2cc([N+](=O)[O-])cc([N+](=O)[O-])c2O)c1. The van der Waals surface area contributed by atoms with Crippen LogP contribution in [0.4, 0.5) is 34.1 Å². The van der Waals surface area contributed by atoms with Crippen molar-refractivity contribution < 1.29 is 54.8 Å². The van der Waals surface area contributed by atoms with E-state index in [0.29, 0.717) is 24.3 Å². The summed E-state index contributed by atoms with van der Waals surface area (Å²) in [5.41, 5.74) is -7.09. The average Bonchev–Trinajstić information content (AvgIpc) is 2.72. The van der Waals surface area contributed by atoms with Gasteiger partial charge in [-0.05, 0) is 0 Å². The number of rotatable bonds is 10. The highest BCUT2D eigenvalue weighted by atomic mass is 17.6. The van der Waals surface area contributed by atoms with Crippen LogP contribution in [0.5, 0.6) is 11.5 Å². The van der Waals surface area contributed by atoms with Gasteiger partial charge in [-0.15, -0.1) is 0 Å². The maximum atomic E-state index is 11.8. The minimum atomic E-state index is -1.41. The minimum Gasteiger partial charge on any atom is -0.497 e. The Labute approximate surface area is 176 Å². The maximum absolute atomic E-state index is 11.8. The highest BCUT2D eigenvalue weighted by Gasteiger charge is 2.38. The standard InChI is InChI=1S/C12H4N6O15/c19-11-7(15(25)26)1-5(13(21)22)3-9(11)17(29)31-33-32-18(30)10-4-6(14(23)24)2-8(12(10)20)16(27)28/h1-4H/p+2. The summed E-state index contributed by atoms with van der Waals surface area (Å²) in [5, 5.41) is 66.5. The van der Waals surface area contributed by atoms with Gasteiger partial charge in [-0.2, -0.15) is 0 Å². The fourth-order valence-electron chi connectivity index (χ4n) is 2.10. The lowest BCUT2D eigenvalue weighted by Gasteiger charge is -1.97. The van der Waals surface area contributed by atoms with E-state index in [1.54, 1.807) is 0 Å². The van der Waals surface area contributed by atoms with Crippen LogP contribution in [0, 0.1) is 50.3 Å². The minimum absolute atomic E-state index is 0.321. The van der Waals surface area contributed by atoms with E-state index in [1.165, 1.54) is 0 Å². The van der Waals surface area contributed by atoms with E-state index in [1.807, 2.05) is 0 Å². The third-order valence-corrected chi connectivity index (χ3v) is 3.51. The van der Waals surface area contributed by atoms with Gasteiger partial charge in [-0.1, -0.05) is 0 Å². The molecule has 172 valence electrons. The first kappa shape index (κ1) is 23.7. The van der Waals surface area contributed by atoms with Gasteiger partial charge in [-0.25, -0.2) is 0 Å². The normalized spacial score (nSPS) is 10.2. The lowest BCUT2D eigenvalue weighted by Crippen LogP contribution is -2.11. The quantitative estimate of drug-likeness (QED) is 0.282. The lowest BCUT2D eigenvalue weighted by molar-refractivity contribution is -0.978. The summed E-state index contributed by atoms with van der Waals surface area (Å²) in [7, 11) is 0. The van der Waals surface area contributed by atoms with E-state index in [4.69, 9.17) is 0 Å². The molecule has 0 fully saturated rings. The van der Waals surface area contributed by atoms with E-state index in [0.717, 1.165) is 0 Å². The van der Waals surface area contributed by atoms with E-state index in [-0.39, 0.29) is 0 Å². The van der Waals surface area contributed by atoms with Crippen LogP contribution in [-0.4, -0.2) is 39.8 Å². The van der Waals surface area contributed by atoms with Crippen LogP contribution in [-0.2, 0) is 15.0 Å². The van der Waals surface area contributed by atoms with Gasteiger partial charge in [0.25, 0.3) is 22.9 Å². The highest BCUT2D eigenvalue weighted by molar-refractivity contribution is 5.65. The van der Waals surface area contributed by atoms with Crippen LogP contribution in [0.1, 0.15) is 0 Å². The number of hydrogen-bond donors (Lipinski definition) is 2. The Morgan fingerprint density at radius 1 is 0.545 bits per heavy atom. The Morgan fingerprint density at radius 3 is 1.12 bits per heavy atom. The van der Waals surface area contributed by atoms with Crippen LogP contribution >= 0.6 is 0 Å². The van der Waals surface area contributed by atoms with E-state index < -0.39 is 75.2 Å². The number of benzene rings is 2. The molecular weight excluding hydrogens is 468 g/mol.